The van der Waals surface area contributed by atoms with E-state index >= 15 is 0 Å². The Balaban J connectivity index is 0.00000243. The molecular weight excluding hydrogens is 617 g/mol. The van der Waals surface area contributed by atoms with E-state index in [0.717, 1.165) is 25.3 Å². The second-order valence-electron chi connectivity index (χ2n) is 9.56. The average molecular weight is 655 g/mol. The van der Waals surface area contributed by atoms with Gasteiger partial charge in [0, 0.05) is 32.1 Å². The summed E-state index contributed by atoms with van der Waals surface area (Å²) in [6.07, 6.45) is -1.84. The van der Waals surface area contributed by atoms with E-state index in [2.05, 4.69) is 21.5 Å². The lowest BCUT2D eigenvalue weighted by Gasteiger charge is -2.25. The van der Waals surface area contributed by atoms with Gasteiger partial charge < -0.3 is 25.2 Å². The zero-order chi connectivity index (χ0) is 34.9. The molecule has 2 aromatic heterocycles. The molecule has 10 nitrogen and oxygen atoms in total. The number of rotatable bonds is 7. The van der Waals surface area contributed by atoms with Gasteiger partial charge in [0.25, 0.3) is 5.56 Å². The van der Waals surface area contributed by atoms with E-state index in [-0.39, 0.29) is 17.2 Å². The maximum atomic E-state index is 13.4. The van der Waals surface area contributed by atoms with Crippen LogP contribution >= 0.6 is 11.6 Å². The molecule has 0 radical (unpaired) electrons. The highest BCUT2D eigenvalue weighted by atomic mass is 35.5. The van der Waals surface area contributed by atoms with Crippen LogP contribution in [0.5, 0.6) is 5.75 Å². The van der Waals surface area contributed by atoms with E-state index in [0.29, 0.717) is 23.0 Å². The first-order valence-corrected chi connectivity index (χ1v) is 13.8. The number of aliphatic imine (C=N–C) groups is 2. The lowest BCUT2D eigenvalue weighted by Crippen LogP contribution is -2.34. The highest BCUT2D eigenvalue weighted by Gasteiger charge is 2.36. The number of aryl methyl sites for hydroxylation is 2. The molecule has 0 aliphatic heterocycles. The minimum absolute atomic E-state index is 0.117. The van der Waals surface area contributed by atoms with Crippen LogP contribution in [0.1, 0.15) is 55.8 Å². The Morgan fingerprint density at radius 1 is 1.07 bits per heavy atom. The number of ether oxygens (including phenoxy) is 1. The van der Waals surface area contributed by atoms with Crippen LogP contribution in [0.15, 0.2) is 70.0 Å². The fraction of sp³-hybridized carbons (Fsp3) is 0.355. The Labute approximate surface area is 264 Å². The molecule has 0 saturated carbocycles. The van der Waals surface area contributed by atoms with Gasteiger partial charge in [-0.05, 0) is 63.6 Å². The summed E-state index contributed by atoms with van der Waals surface area (Å²) in [5.41, 5.74) is -2.23. The van der Waals surface area contributed by atoms with E-state index in [1.807, 2.05) is 13.8 Å². The lowest BCUT2D eigenvalue weighted by molar-refractivity contribution is -0.304. The molecule has 0 bridgehead atoms. The summed E-state index contributed by atoms with van der Waals surface area (Å²) < 4.78 is 45.7. The van der Waals surface area contributed by atoms with Gasteiger partial charge in [0.05, 0.1) is 28.2 Å². The number of aliphatic hydroxyl groups is 4. The van der Waals surface area contributed by atoms with Gasteiger partial charge in [-0.15, -0.1) is 0 Å². The van der Waals surface area contributed by atoms with Crippen molar-refractivity contribution < 1.29 is 38.3 Å². The van der Waals surface area contributed by atoms with Crippen LogP contribution in [0.3, 0.4) is 0 Å². The number of amidine groups is 1. The van der Waals surface area contributed by atoms with Crippen LogP contribution < -0.4 is 10.3 Å². The van der Waals surface area contributed by atoms with Crippen molar-refractivity contribution in [3.8, 4) is 11.4 Å². The number of hydrogen-bond donors (Lipinski definition) is 4. The first kappa shape index (κ1) is 39.1. The number of pyridine rings is 2. The summed E-state index contributed by atoms with van der Waals surface area (Å²) in [5, 5.41) is 37.7. The number of hydrogen-bond acceptors (Lipinski definition) is 8. The molecule has 3 aromatic rings. The highest BCUT2D eigenvalue weighted by molar-refractivity contribution is 6.31. The molecule has 0 aliphatic rings. The Kier molecular flexibility index (Phi) is 13.8. The molecule has 14 heteroatoms. The van der Waals surface area contributed by atoms with Crippen molar-refractivity contribution in [2.24, 2.45) is 9.98 Å². The van der Waals surface area contributed by atoms with E-state index in [4.69, 9.17) is 21.4 Å². The molecule has 3 rings (SSSR count). The molecule has 0 fully saturated rings. The third-order valence-corrected chi connectivity index (χ3v) is 6.22. The normalized spacial score (nSPS) is 12.4. The Morgan fingerprint density at radius 2 is 1.64 bits per heavy atom. The summed E-state index contributed by atoms with van der Waals surface area (Å²) >= 11 is 6.28. The summed E-state index contributed by atoms with van der Waals surface area (Å²) in [4.78, 5) is 26.1. The van der Waals surface area contributed by atoms with Crippen LogP contribution in [-0.4, -0.2) is 61.3 Å². The quantitative estimate of drug-likeness (QED) is 0.157. The molecule has 2 heterocycles. The minimum Gasteiger partial charge on any atom is -0.434 e. The monoisotopic (exact) mass is 654 g/mol. The molecule has 0 unspecified atom stereocenters. The van der Waals surface area contributed by atoms with Crippen molar-refractivity contribution in [3.63, 3.8) is 0 Å². The first-order valence-electron chi connectivity index (χ1n) is 13.5. The van der Waals surface area contributed by atoms with Crippen LogP contribution in [0.2, 0.25) is 5.02 Å². The Hall–Kier alpha value is -3.88. The number of halogens is 4. The number of aliphatic hydroxyl groups excluding tert-OH is 1. The van der Waals surface area contributed by atoms with E-state index < -0.39 is 45.2 Å². The Bertz CT molecular complexity index is 1610. The number of nitrogens with zero attached hydrogens (tertiary/aromatic N) is 4. The predicted octanol–water partition coefficient (Wildman–Crippen LogP) is 5.10. The van der Waals surface area contributed by atoms with Gasteiger partial charge in [-0.1, -0.05) is 38.1 Å². The molecule has 0 amide bonds. The van der Waals surface area contributed by atoms with Gasteiger partial charge in [0.2, 0.25) is 0 Å². The highest BCUT2D eigenvalue weighted by Crippen LogP contribution is 2.34. The second kappa shape index (κ2) is 15.9. The van der Waals surface area contributed by atoms with Gasteiger partial charge in [-0.3, -0.25) is 19.3 Å². The zero-order valence-corrected chi connectivity index (χ0v) is 27.0. The van der Waals surface area contributed by atoms with Crippen molar-refractivity contribution in [1.29, 1.82) is 0 Å². The van der Waals surface area contributed by atoms with Crippen LogP contribution in [-0.2, 0) is 12.1 Å². The molecule has 246 valence electrons. The van der Waals surface area contributed by atoms with Crippen molar-refractivity contribution >= 4 is 23.1 Å². The molecule has 1 aromatic carbocycles. The predicted molar refractivity (Wildman–Crippen MR) is 168 cm³/mol. The van der Waals surface area contributed by atoms with E-state index in [1.54, 1.807) is 13.0 Å². The maximum absolute atomic E-state index is 13.4. The molecule has 0 spiro atoms. The third kappa shape index (κ3) is 9.55. The number of allylic oxidation sites excluding steroid dienone is 1. The standard InChI is InChI=1S/C28H28ClF3N4O5.C2H6.CH4O/c1-7-19(35-25(33-6)26(4,5)38)20-13-21(15(2)14-34-20)36-16(3)11-22(23(29)24(36)37)41-28(39,40)18-10-8-9-17(12-18)27(30,31)32;2*1-2/h7-14,38-40H,1H2,2-6H3;1-2H3;2H,1H3. The summed E-state index contributed by atoms with van der Waals surface area (Å²) in [6, 6.07) is 6.04. The number of benzene rings is 1. The molecule has 0 aliphatic carbocycles. The third-order valence-electron chi connectivity index (χ3n) is 5.87. The summed E-state index contributed by atoms with van der Waals surface area (Å²) in [6.45, 7) is 14.0. The fourth-order valence-corrected chi connectivity index (χ4v) is 4.02. The SMILES string of the molecule is C=CC(=NC(=NC)C(C)(C)O)c1cc(-n2c(C)cc(OC(O)(O)c3cccc(C(F)(F)F)c3)c(Cl)c2=O)c(C)cn1.CC.CO. The average Bonchev–Trinajstić information content (AvgIpc) is 2.98. The van der Waals surface area contributed by atoms with E-state index in [9.17, 15) is 33.3 Å². The van der Waals surface area contributed by atoms with Crippen molar-refractivity contribution in [2.75, 3.05) is 14.2 Å². The lowest BCUT2D eigenvalue weighted by atomic mass is 10.1. The fourth-order valence-electron chi connectivity index (χ4n) is 3.84. The van der Waals surface area contributed by atoms with E-state index in [1.165, 1.54) is 50.7 Å². The van der Waals surface area contributed by atoms with Crippen molar-refractivity contribution in [3.05, 3.63) is 98.7 Å². The zero-order valence-electron chi connectivity index (χ0n) is 26.2. The van der Waals surface area contributed by atoms with Crippen molar-refractivity contribution in [2.45, 2.75) is 59.3 Å². The first-order chi connectivity index (χ1) is 20.9. The largest absolute Gasteiger partial charge is 0.434 e. The van der Waals surface area contributed by atoms with Crippen LogP contribution in [0.25, 0.3) is 5.69 Å². The molecule has 0 atom stereocenters. The van der Waals surface area contributed by atoms with Crippen LogP contribution in [0.4, 0.5) is 13.2 Å². The molecular formula is C31H38ClF3N4O6. The minimum atomic E-state index is -4.74. The molecule has 45 heavy (non-hydrogen) atoms. The van der Waals surface area contributed by atoms with Gasteiger partial charge in [-0.25, -0.2) is 4.99 Å². The second-order valence-corrected chi connectivity index (χ2v) is 9.93. The summed E-state index contributed by atoms with van der Waals surface area (Å²) in [7, 11) is 2.47. The number of alkyl halides is 3. The van der Waals surface area contributed by atoms with Crippen molar-refractivity contribution in [1.82, 2.24) is 9.55 Å². The number of aromatic nitrogens is 2. The molecule has 4 N–H and O–H groups in total. The Morgan fingerprint density at radius 3 is 2.16 bits per heavy atom. The topological polar surface area (TPSA) is 150 Å². The van der Waals surface area contributed by atoms with Gasteiger partial charge >= 0.3 is 12.1 Å². The molecule has 0 saturated heterocycles. The van der Waals surface area contributed by atoms with Crippen LogP contribution in [0, 0.1) is 13.8 Å². The van der Waals surface area contributed by atoms with Gasteiger partial charge in [-0.2, -0.15) is 13.2 Å². The van der Waals surface area contributed by atoms with Gasteiger partial charge in [0.15, 0.2) is 11.6 Å². The smallest absolute Gasteiger partial charge is 0.416 e. The summed E-state index contributed by atoms with van der Waals surface area (Å²) in [5.74, 6) is -3.60. The van der Waals surface area contributed by atoms with Gasteiger partial charge in [0.1, 0.15) is 10.6 Å². The maximum Gasteiger partial charge on any atom is 0.416 e.